The molecular formula is C60H56N3OPt-. The smallest absolute Gasteiger partial charge is 0.148 e. The van der Waals surface area contributed by atoms with Crippen LogP contribution in [0.3, 0.4) is 0 Å². The summed E-state index contributed by atoms with van der Waals surface area (Å²) >= 11 is 0. The Balaban J connectivity index is 0.00000642. The maximum atomic E-state index is 12.2. The molecule has 0 saturated heterocycles. The van der Waals surface area contributed by atoms with Gasteiger partial charge in [-0.25, -0.2) is 4.98 Å². The van der Waals surface area contributed by atoms with Gasteiger partial charge in [-0.2, -0.15) is 0 Å². The summed E-state index contributed by atoms with van der Waals surface area (Å²) in [6.07, 6.45) is 1.84. The molecule has 0 atom stereocenters. The summed E-state index contributed by atoms with van der Waals surface area (Å²) in [6.45, 7) is 13.6. The van der Waals surface area contributed by atoms with E-state index in [4.69, 9.17) is 15.5 Å². The van der Waals surface area contributed by atoms with Crippen LogP contribution >= 0.6 is 0 Å². The maximum absolute atomic E-state index is 12.2. The Bertz CT molecular complexity index is 3350. The van der Waals surface area contributed by atoms with Crippen molar-refractivity contribution in [3.05, 3.63) is 191 Å². The number of benzene rings is 7. The van der Waals surface area contributed by atoms with Gasteiger partial charge in [-0.1, -0.05) is 167 Å². The van der Waals surface area contributed by atoms with Gasteiger partial charge < -0.3 is 5.11 Å². The van der Waals surface area contributed by atoms with Gasteiger partial charge in [-0.15, -0.1) is 23.8 Å². The molecule has 0 fully saturated rings. The van der Waals surface area contributed by atoms with Crippen LogP contribution < -0.4 is 0 Å². The number of aromatic nitrogens is 3. The third kappa shape index (κ3) is 9.02. The van der Waals surface area contributed by atoms with Gasteiger partial charge >= 0.3 is 0 Å². The van der Waals surface area contributed by atoms with Crippen molar-refractivity contribution in [3.63, 3.8) is 0 Å². The summed E-state index contributed by atoms with van der Waals surface area (Å²) in [5, 5.41) is 12.2. The van der Waals surface area contributed by atoms with Gasteiger partial charge in [0.05, 0.1) is 22.3 Å². The van der Waals surface area contributed by atoms with Gasteiger partial charge in [0.2, 0.25) is 0 Å². The van der Waals surface area contributed by atoms with Gasteiger partial charge in [0.1, 0.15) is 11.6 Å². The van der Waals surface area contributed by atoms with Crippen LogP contribution in [0, 0.1) is 26.8 Å². The minimum atomic E-state index is -2.55. The SMILES string of the molecule is [2H]C([2H])([2H])c1cc(-c2cc(C(C)C)cc(C([2H])(C)C)c2)ccc1-n1c(-c2cc(C)cc(C(C)C)c2O)nc2c(-c3[c-]c(-c4cc(-c5ccc(C)cc5)ccn4)cc(-c4ccccc4)c3)cccc21.[Pt]. The average molecular weight is 1030 g/mol. The predicted octanol–water partition coefficient (Wildman–Crippen LogP) is 16.2. The Morgan fingerprint density at radius 3 is 2.02 bits per heavy atom. The first-order chi connectivity index (χ1) is 32.3. The van der Waals surface area contributed by atoms with Gasteiger partial charge in [0.25, 0.3) is 0 Å². The van der Waals surface area contributed by atoms with Crippen molar-refractivity contribution < 1.29 is 31.7 Å². The third-order valence-electron chi connectivity index (χ3n) is 12.3. The minimum absolute atomic E-state index is 0. The normalized spacial score (nSPS) is 12.8. The topological polar surface area (TPSA) is 50.9 Å². The summed E-state index contributed by atoms with van der Waals surface area (Å²) in [7, 11) is 0. The number of phenolic OH excluding ortho intramolecular Hbond substituents is 1. The second kappa shape index (κ2) is 18.6. The van der Waals surface area contributed by atoms with Crippen LogP contribution in [0.2, 0.25) is 0 Å². The second-order valence-corrected chi connectivity index (χ2v) is 17.9. The molecule has 0 aliphatic rings. The Hall–Kier alpha value is -6.35. The first kappa shape index (κ1) is 40.2. The van der Waals surface area contributed by atoms with E-state index in [9.17, 15) is 5.11 Å². The van der Waals surface area contributed by atoms with Crippen LogP contribution in [0.4, 0.5) is 0 Å². The molecule has 2 heterocycles. The molecule has 1 N–H and O–H groups in total. The van der Waals surface area contributed by atoms with E-state index < -0.39 is 12.7 Å². The molecule has 7 aromatic carbocycles. The van der Waals surface area contributed by atoms with Gasteiger partial charge in [0.15, 0.2) is 0 Å². The number of pyridine rings is 1. The molecule has 5 heteroatoms. The molecule has 0 spiro atoms. The van der Waals surface area contributed by atoms with E-state index in [0.717, 1.165) is 78.0 Å². The van der Waals surface area contributed by atoms with Gasteiger partial charge in [-0.05, 0) is 124 Å². The number of imidazole rings is 1. The molecule has 9 aromatic rings. The molecule has 0 amide bonds. The van der Waals surface area contributed by atoms with E-state index in [1.54, 1.807) is 6.07 Å². The summed E-state index contributed by atoms with van der Waals surface area (Å²) in [5.74, 6) is -0.135. The summed E-state index contributed by atoms with van der Waals surface area (Å²) < 4.78 is 38.0. The van der Waals surface area contributed by atoms with Crippen molar-refractivity contribution in [2.45, 2.75) is 80.0 Å². The fourth-order valence-corrected chi connectivity index (χ4v) is 8.66. The molecule has 0 radical (unpaired) electrons. The van der Waals surface area contributed by atoms with Crippen LogP contribution in [0.5, 0.6) is 5.75 Å². The zero-order valence-electron chi connectivity index (χ0n) is 42.2. The van der Waals surface area contributed by atoms with Crippen LogP contribution in [0.15, 0.2) is 152 Å². The fourth-order valence-electron chi connectivity index (χ4n) is 8.66. The summed E-state index contributed by atoms with van der Waals surface area (Å²) in [4.78, 5) is 10.3. The second-order valence-electron chi connectivity index (χ2n) is 17.9. The number of fused-ring (bicyclic) bond motifs is 1. The molecule has 65 heavy (non-hydrogen) atoms. The van der Waals surface area contributed by atoms with Gasteiger partial charge in [-0.3, -0.25) is 9.55 Å². The first-order valence-corrected chi connectivity index (χ1v) is 22.2. The zero-order chi connectivity index (χ0) is 48.2. The number of rotatable bonds is 10. The Kier molecular flexibility index (Phi) is 11.5. The van der Waals surface area contributed by atoms with Crippen molar-refractivity contribution in [1.82, 2.24) is 14.5 Å². The standard InChI is InChI=1S/C60H56N3O.Pt/c1-36(2)46-29-47(37(3)4)31-49(30-46)44-22-23-56(41(9)28-44)63-57-17-13-16-52(58(57)62-60(63)54-27-40(8)26-53(38(5)6)59(54)64)50-32-48(42-14-11-10-12-15-42)33-51(34-50)55-35-45(24-25-61-55)43-20-18-39(7)19-21-43;/h10-33,35-38,64H,1-9H3;/q-1;/i9D3,36D;. The van der Waals surface area contributed by atoms with E-state index in [0.29, 0.717) is 28.1 Å². The summed E-state index contributed by atoms with van der Waals surface area (Å²) in [5.41, 5.74) is 16.1. The molecule has 0 bridgehead atoms. The van der Waals surface area contributed by atoms with Crippen molar-refractivity contribution >= 4 is 11.0 Å². The molecular weight excluding hydrogens is 974 g/mol. The molecule has 9 rings (SSSR count). The van der Waals surface area contributed by atoms with E-state index >= 15 is 0 Å². The monoisotopic (exact) mass is 1030 g/mol. The number of aromatic hydroxyl groups is 1. The molecule has 2 aromatic heterocycles. The van der Waals surface area contributed by atoms with Crippen LogP contribution in [0.1, 0.15) is 98.1 Å². The van der Waals surface area contributed by atoms with E-state index in [1.807, 2.05) is 118 Å². The zero-order valence-corrected chi connectivity index (χ0v) is 40.5. The number of phenols is 1. The molecule has 0 unspecified atom stereocenters. The maximum Gasteiger partial charge on any atom is 0.148 e. The number of aryl methyl sites for hydroxylation is 3. The van der Waals surface area contributed by atoms with E-state index in [2.05, 4.69) is 93.6 Å². The molecule has 328 valence electrons. The van der Waals surface area contributed by atoms with Crippen LogP contribution in [-0.4, -0.2) is 19.6 Å². The number of hydrogen-bond donors (Lipinski definition) is 1. The third-order valence-corrected chi connectivity index (χ3v) is 12.3. The Morgan fingerprint density at radius 2 is 1.29 bits per heavy atom. The van der Waals surface area contributed by atoms with Crippen molar-refractivity contribution in [2.24, 2.45) is 0 Å². The number of para-hydroxylation sites is 1. The first-order valence-electron chi connectivity index (χ1n) is 24.2. The van der Waals surface area contributed by atoms with E-state index in [-0.39, 0.29) is 44.2 Å². The quantitative estimate of drug-likeness (QED) is 0.139. The average Bonchev–Trinajstić information content (AvgIpc) is 3.71. The molecule has 0 aliphatic carbocycles. The van der Waals surface area contributed by atoms with Crippen molar-refractivity contribution in [1.29, 1.82) is 0 Å². The Morgan fingerprint density at radius 1 is 0.600 bits per heavy atom. The van der Waals surface area contributed by atoms with Crippen LogP contribution in [0.25, 0.3) is 83.9 Å². The molecule has 0 aliphatic heterocycles. The fraction of sp³-hybridized carbons (Fsp3) is 0.200. The number of hydrogen-bond acceptors (Lipinski definition) is 3. The predicted molar refractivity (Wildman–Crippen MR) is 268 cm³/mol. The number of nitrogens with zero attached hydrogens (tertiary/aromatic N) is 3. The molecule has 4 nitrogen and oxygen atoms in total. The van der Waals surface area contributed by atoms with Crippen molar-refractivity contribution in [2.75, 3.05) is 0 Å². The van der Waals surface area contributed by atoms with E-state index in [1.165, 1.54) is 5.56 Å². The largest absolute Gasteiger partial charge is 0.507 e. The van der Waals surface area contributed by atoms with Crippen LogP contribution in [-0.2, 0) is 21.1 Å². The van der Waals surface area contributed by atoms with Crippen molar-refractivity contribution in [3.8, 4) is 78.6 Å². The van der Waals surface area contributed by atoms with Gasteiger partial charge in [0, 0.05) is 38.4 Å². The minimum Gasteiger partial charge on any atom is -0.507 e. The summed E-state index contributed by atoms with van der Waals surface area (Å²) in [6, 6.07) is 52.5. The Labute approximate surface area is 405 Å². The molecule has 0 saturated carbocycles.